The second-order valence-corrected chi connectivity index (χ2v) is 9.26. The molecule has 11 heteroatoms. The number of benzene rings is 1. The van der Waals surface area contributed by atoms with Crippen LogP contribution in [0.1, 0.15) is 12.3 Å². The quantitative estimate of drug-likeness (QED) is 0.653. The number of rotatable bonds is 5. The molecule has 0 saturated heterocycles. The minimum Gasteiger partial charge on any atom is -0.478 e. The lowest BCUT2D eigenvalue weighted by Gasteiger charge is -2.20. The van der Waals surface area contributed by atoms with Crippen molar-refractivity contribution in [2.75, 3.05) is 17.1 Å². The molecule has 0 bridgehead atoms. The standard InChI is InChI=1S/C18H18N4O5S2/c1-29(24,25)22-9-8-14(26-13-6-3-2-5-12(13)22)18(23)19-11-16-20-17(21-27-16)15-7-4-10-28-15/h2-7,10,14H,8-9,11H2,1H3,(H,19,23)/t14-/m0/s1. The molecule has 0 radical (unpaired) electrons. The number of hydrogen-bond donors (Lipinski definition) is 1. The minimum atomic E-state index is -3.50. The molecule has 1 amide bonds. The molecule has 4 rings (SSSR count). The molecule has 0 aliphatic carbocycles. The number of para-hydroxylation sites is 2. The summed E-state index contributed by atoms with van der Waals surface area (Å²) in [5.41, 5.74) is 0.419. The molecule has 1 N–H and O–H groups in total. The van der Waals surface area contributed by atoms with Crippen molar-refractivity contribution in [3.05, 3.63) is 47.7 Å². The molecular formula is C18H18N4O5S2. The molecular weight excluding hydrogens is 416 g/mol. The van der Waals surface area contributed by atoms with Gasteiger partial charge in [0.05, 0.1) is 23.4 Å². The lowest BCUT2D eigenvalue weighted by atomic mass is 10.2. The number of hydrogen-bond acceptors (Lipinski definition) is 8. The topological polar surface area (TPSA) is 115 Å². The number of fused-ring (bicyclic) bond motifs is 1. The second-order valence-electron chi connectivity index (χ2n) is 6.40. The average molecular weight is 434 g/mol. The third-order valence-corrected chi connectivity index (χ3v) is 6.36. The van der Waals surface area contributed by atoms with Gasteiger partial charge in [0.2, 0.25) is 21.7 Å². The predicted octanol–water partition coefficient (Wildman–Crippen LogP) is 2.03. The smallest absolute Gasteiger partial charge is 0.261 e. The first-order valence-electron chi connectivity index (χ1n) is 8.79. The van der Waals surface area contributed by atoms with Gasteiger partial charge in [0.1, 0.15) is 5.75 Å². The van der Waals surface area contributed by atoms with Crippen molar-refractivity contribution in [2.24, 2.45) is 0 Å². The van der Waals surface area contributed by atoms with Crippen molar-refractivity contribution < 1.29 is 22.5 Å². The highest BCUT2D eigenvalue weighted by Gasteiger charge is 2.31. The van der Waals surface area contributed by atoms with Crippen molar-refractivity contribution in [1.29, 1.82) is 0 Å². The number of amides is 1. The van der Waals surface area contributed by atoms with E-state index in [1.165, 1.54) is 15.6 Å². The molecule has 1 aliphatic rings. The first-order valence-corrected chi connectivity index (χ1v) is 11.5. The zero-order valence-corrected chi connectivity index (χ0v) is 17.1. The maximum absolute atomic E-state index is 12.6. The number of nitrogens with one attached hydrogen (secondary N) is 1. The van der Waals surface area contributed by atoms with Crippen LogP contribution < -0.4 is 14.4 Å². The van der Waals surface area contributed by atoms with Crippen molar-refractivity contribution in [2.45, 2.75) is 19.1 Å². The monoisotopic (exact) mass is 434 g/mol. The third kappa shape index (κ3) is 4.25. The van der Waals surface area contributed by atoms with E-state index < -0.39 is 16.1 Å². The number of anilines is 1. The van der Waals surface area contributed by atoms with Crippen LogP contribution in [0.25, 0.3) is 10.7 Å². The highest BCUT2D eigenvalue weighted by molar-refractivity contribution is 7.92. The van der Waals surface area contributed by atoms with Gasteiger partial charge in [-0.25, -0.2) is 8.42 Å². The van der Waals surface area contributed by atoms with E-state index in [9.17, 15) is 13.2 Å². The third-order valence-electron chi connectivity index (χ3n) is 4.31. The Balaban J connectivity index is 1.44. The van der Waals surface area contributed by atoms with Crippen LogP contribution in [0.5, 0.6) is 5.75 Å². The Hall–Kier alpha value is -2.92. The summed E-state index contributed by atoms with van der Waals surface area (Å²) in [6, 6.07) is 10.5. The van der Waals surface area contributed by atoms with Crippen molar-refractivity contribution in [3.63, 3.8) is 0 Å². The van der Waals surface area contributed by atoms with Gasteiger partial charge in [0.25, 0.3) is 5.91 Å². The number of sulfonamides is 1. The number of aromatic nitrogens is 2. The summed E-state index contributed by atoms with van der Waals surface area (Å²) >= 11 is 1.49. The first-order chi connectivity index (χ1) is 13.9. The molecule has 3 heterocycles. The summed E-state index contributed by atoms with van der Waals surface area (Å²) in [4.78, 5) is 17.8. The van der Waals surface area contributed by atoms with E-state index in [1.54, 1.807) is 24.3 Å². The van der Waals surface area contributed by atoms with Gasteiger partial charge in [-0.1, -0.05) is 23.4 Å². The normalized spacial score (nSPS) is 16.6. The SMILES string of the molecule is CS(=O)(=O)N1CC[C@@H](C(=O)NCc2nc(-c3cccs3)no2)Oc2ccccc21. The Bertz CT molecular complexity index is 1110. The molecule has 152 valence electrons. The van der Waals surface area contributed by atoms with E-state index in [4.69, 9.17) is 9.26 Å². The molecule has 0 spiro atoms. The molecule has 29 heavy (non-hydrogen) atoms. The van der Waals surface area contributed by atoms with Crippen LogP contribution in [-0.4, -0.2) is 43.4 Å². The zero-order valence-electron chi connectivity index (χ0n) is 15.4. The van der Waals surface area contributed by atoms with E-state index in [-0.39, 0.29) is 31.3 Å². The summed E-state index contributed by atoms with van der Waals surface area (Å²) in [7, 11) is -3.50. The summed E-state index contributed by atoms with van der Waals surface area (Å²) < 4.78 is 36.5. The van der Waals surface area contributed by atoms with Crippen molar-refractivity contribution in [3.8, 4) is 16.5 Å². The maximum atomic E-state index is 12.6. The fourth-order valence-electron chi connectivity index (χ4n) is 2.97. The predicted molar refractivity (Wildman–Crippen MR) is 107 cm³/mol. The van der Waals surface area contributed by atoms with Crippen LogP contribution >= 0.6 is 11.3 Å². The molecule has 1 atom stereocenters. The fourth-order valence-corrected chi connectivity index (χ4v) is 4.56. The van der Waals surface area contributed by atoms with Gasteiger partial charge in [-0.05, 0) is 23.6 Å². The molecule has 2 aromatic heterocycles. The van der Waals surface area contributed by atoms with Gasteiger partial charge in [-0.2, -0.15) is 4.98 Å². The van der Waals surface area contributed by atoms with Crippen LogP contribution in [0.4, 0.5) is 5.69 Å². The van der Waals surface area contributed by atoms with E-state index >= 15 is 0 Å². The van der Waals surface area contributed by atoms with Crippen LogP contribution in [-0.2, 0) is 21.4 Å². The number of carbonyl (C=O) groups excluding carboxylic acids is 1. The van der Waals surface area contributed by atoms with E-state index in [0.717, 1.165) is 11.1 Å². The highest BCUT2D eigenvalue weighted by Crippen LogP contribution is 2.33. The van der Waals surface area contributed by atoms with Crippen LogP contribution in [0.2, 0.25) is 0 Å². The Morgan fingerprint density at radius 1 is 1.31 bits per heavy atom. The van der Waals surface area contributed by atoms with Crippen LogP contribution in [0.3, 0.4) is 0 Å². The highest BCUT2D eigenvalue weighted by atomic mass is 32.2. The summed E-state index contributed by atoms with van der Waals surface area (Å²) in [6.07, 6.45) is 0.491. The van der Waals surface area contributed by atoms with Gasteiger partial charge in [-0.3, -0.25) is 9.10 Å². The average Bonchev–Trinajstić information content (AvgIpc) is 3.33. The lowest BCUT2D eigenvalue weighted by molar-refractivity contribution is -0.128. The number of nitrogens with zero attached hydrogens (tertiary/aromatic N) is 3. The van der Waals surface area contributed by atoms with Gasteiger partial charge in [0, 0.05) is 13.0 Å². The Kier molecular flexibility index (Phi) is 5.24. The van der Waals surface area contributed by atoms with Crippen molar-refractivity contribution >= 4 is 33.0 Å². The first kappa shape index (κ1) is 19.4. The summed E-state index contributed by atoms with van der Waals surface area (Å²) in [6.45, 7) is 0.186. The minimum absolute atomic E-state index is 0.0501. The molecule has 3 aromatic rings. The fraction of sp³-hybridized carbons (Fsp3) is 0.278. The molecule has 1 aromatic carbocycles. The summed E-state index contributed by atoms with van der Waals surface area (Å²) in [5, 5.41) is 8.52. The van der Waals surface area contributed by atoms with Gasteiger partial charge in [-0.15, -0.1) is 11.3 Å². The molecule has 1 aliphatic heterocycles. The molecule has 0 saturated carbocycles. The lowest BCUT2D eigenvalue weighted by Crippen LogP contribution is -2.39. The van der Waals surface area contributed by atoms with E-state index in [1.807, 2.05) is 17.5 Å². The Labute approximate surface area is 171 Å². The largest absolute Gasteiger partial charge is 0.478 e. The summed E-state index contributed by atoms with van der Waals surface area (Å²) in [5.74, 6) is 0.695. The van der Waals surface area contributed by atoms with E-state index in [0.29, 0.717) is 17.3 Å². The second kappa shape index (κ2) is 7.84. The van der Waals surface area contributed by atoms with Gasteiger partial charge in [0.15, 0.2) is 6.10 Å². The van der Waals surface area contributed by atoms with Gasteiger partial charge < -0.3 is 14.6 Å². The van der Waals surface area contributed by atoms with Crippen molar-refractivity contribution in [1.82, 2.24) is 15.5 Å². The number of thiophene rings is 1. The maximum Gasteiger partial charge on any atom is 0.261 e. The Morgan fingerprint density at radius 2 is 2.14 bits per heavy atom. The molecule has 0 unspecified atom stereocenters. The molecule has 0 fully saturated rings. The van der Waals surface area contributed by atoms with E-state index in [2.05, 4.69) is 15.5 Å². The van der Waals surface area contributed by atoms with Gasteiger partial charge >= 0.3 is 0 Å². The number of ether oxygens (including phenoxy) is 1. The Morgan fingerprint density at radius 3 is 2.90 bits per heavy atom. The zero-order chi connectivity index (χ0) is 20.4. The molecule has 9 nitrogen and oxygen atoms in total. The van der Waals surface area contributed by atoms with Crippen LogP contribution in [0, 0.1) is 0 Å². The number of carbonyl (C=O) groups is 1. The van der Waals surface area contributed by atoms with Crippen LogP contribution in [0.15, 0.2) is 46.3 Å².